The van der Waals surface area contributed by atoms with Gasteiger partial charge in [-0.05, 0) is 93.0 Å². The number of nitrogens with zero attached hydrogens (tertiary/aromatic N) is 1. The molecule has 50 heavy (non-hydrogen) atoms. The van der Waals surface area contributed by atoms with E-state index in [1.807, 2.05) is 6.07 Å². The molecular formula is C40H46F3N3O4. The third kappa shape index (κ3) is 13.2. The van der Waals surface area contributed by atoms with Crippen LogP contribution in [0.4, 0.5) is 29.3 Å². The van der Waals surface area contributed by atoms with Crippen molar-refractivity contribution in [3.05, 3.63) is 102 Å². The molecule has 266 valence electrons. The Hall–Kier alpha value is -4.86. The number of fused-ring (bicyclic) bond motifs is 1. The van der Waals surface area contributed by atoms with Crippen LogP contribution in [-0.4, -0.2) is 22.1 Å². The summed E-state index contributed by atoms with van der Waals surface area (Å²) < 4.78 is 47.8. The number of carboxylic acid groups (broad SMARTS) is 1. The summed E-state index contributed by atoms with van der Waals surface area (Å²) in [7, 11) is 0. The van der Waals surface area contributed by atoms with Gasteiger partial charge in [0.1, 0.15) is 29.0 Å². The van der Waals surface area contributed by atoms with E-state index in [0.29, 0.717) is 11.8 Å². The fourth-order valence-electron chi connectivity index (χ4n) is 5.67. The van der Waals surface area contributed by atoms with Gasteiger partial charge < -0.3 is 20.5 Å². The van der Waals surface area contributed by atoms with E-state index >= 15 is 0 Å². The predicted molar refractivity (Wildman–Crippen MR) is 192 cm³/mol. The molecule has 0 aliphatic carbocycles. The number of urea groups is 1. The third-order valence-corrected chi connectivity index (χ3v) is 8.38. The number of carbonyl (C=O) groups is 2. The molecule has 4 aromatic rings. The van der Waals surface area contributed by atoms with E-state index in [1.165, 1.54) is 62.6 Å². The molecule has 3 N–H and O–H groups in total. The number of halogens is 3. The first-order valence-corrected chi connectivity index (χ1v) is 17.5. The summed E-state index contributed by atoms with van der Waals surface area (Å²) in [4.78, 5) is 27.3. The van der Waals surface area contributed by atoms with Crippen LogP contribution < -0.4 is 15.4 Å². The topological polar surface area (TPSA) is 101 Å². The van der Waals surface area contributed by atoms with Crippen molar-refractivity contribution in [2.24, 2.45) is 0 Å². The number of unbranched alkanes of at least 4 members (excludes halogenated alkanes) is 11. The van der Waals surface area contributed by atoms with Gasteiger partial charge in [-0.3, -0.25) is 9.78 Å². The first-order chi connectivity index (χ1) is 24.3. The summed E-state index contributed by atoms with van der Waals surface area (Å²) in [5.74, 6) is -2.43. The molecule has 0 saturated heterocycles. The number of carbonyl (C=O) groups excluding carboxylic acids is 1. The second kappa shape index (κ2) is 20.6. The number of hydrogen-bond donors (Lipinski definition) is 3. The molecule has 10 heteroatoms. The average molecular weight is 690 g/mol. The standard InChI is InChI=1S/C40H46F3N3O4/c41-30-19-22-35(33(42)27-30)45-40(49)46-36-23-20-31(28-34(36)43)50-38-24-25-44-37-26-29(18-21-32(37)38)16-14-12-10-8-6-4-2-1-3-5-7-9-11-13-15-17-39(47)48/h1,3,18-28H,2,4-17H2,(H,47,48)(H2,45,46,49)/b3-1-. The van der Waals surface area contributed by atoms with Crippen molar-refractivity contribution < 1.29 is 32.6 Å². The van der Waals surface area contributed by atoms with Gasteiger partial charge in [0.15, 0.2) is 0 Å². The molecule has 0 bridgehead atoms. The van der Waals surface area contributed by atoms with E-state index in [1.54, 1.807) is 12.3 Å². The monoisotopic (exact) mass is 689 g/mol. The summed E-state index contributed by atoms with van der Waals surface area (Å²) in [6, 6.07) is 13.6. The molecule has 0 saturated carbocycles. The van der Waals surface area contributed by atoms with Crippen LogP contribution in [0.25, 0.3) is 10.9 Å². The Morgan fingerprint density at radius 1 is 0.700 bits per heavy atom. The normalized spacial score (nSPS) is 11.3. The summed E-state index contributed by atoms with van der Waals surface area (Å²) in [5, 5.41) is 14.0. The van der Waals surface area contributed by atoms with Gasteiger partial charge in [-0.2, -0.15) is 0 Å². The molecule has 1 heterocycles. The molecular weight excluding hydrogens is 643 g/mol. The summed E-state index contributed by atoms with van der Waals surface area (Å²) >= 11 is 0. The lowest BCUT2D eigenvalue weighted by Gasteiger charge is -2.12. The Morgan fingerprint density at radius 2 is 1.32 bits per heavy atom. The van der Waals surface area contributed by atoms with Crippen molar-refractivity contribution in [2.75, 3.05) is 10.6 Å². The van der Waals surface area contributed by atoms with E-state index in [4.69, 9.17) is 9.84 Å². The minimum Gasteiger partial charge on any atom is -0.481 e. The number of anilines is 2. The van der Waals surface area contributed by atoms with Crippen LogP contribution in [0.15, 0.2) is 79.0 Å². The van der Waals surface area contributed by atoms with Crippen LogP contribution in [0, 0.1) is 17.5 Å². The Labute approximate surface area is 292 Å². The zero-order valence-corrected chi connectivity index (χ0v) is 28.4. The Balaban J connectivity index is 1.13. The molecule has 0 spiro atoms. The highest BCUT2D eigenvalue weighted by Gasteiger charge is 2.13. The van der Waals surface area contributed by atoms with Crippen molar-refractivity contribution in [1.82, 2.24) is 4.98 Å². The van der Waals surface area contributed by atoms with Crippen LogP contribution in [0.3, 0.4) is 0 Å². The van der Waals surface area contributed by atoms with Crippen LogP contribution in [-0.2, 0) is 11.2 Å². The number of benzene rings is 3. The molecule has 2 amide bonds. The molecule has 7 nitrogen and oxygen atoms in total. The molecule has 0 aliphatic rings. The number of allylic oxidation sites excluding steroid dienone is 2. The highest BCUT2D eigenvalue weighted by atomic mass is 19.1. The van der Waals surface area contributed by atoms with E-state index in [-0.39, 0.29) is 23.5 Å². The molecule has 0 radical (unpaired) electrons. The minimum absolute atomic E-state index is 0.138. The zero-order chi connectivity index (χ0) is 35.6. The SMILES string of the molecule is O=C(O)CCCCCCC/C=C\CCCCCCCCc1ccc2c(Oc3ccc(NC(=O)Nc4ccc(F)cc4F)c(F)c3)ccnc2c1. The lowest BCUT2D eigenvalue weighted by atomic mass is 10.0. The number of ether oxygens (including phenoxy) is 1. The highest BCUT2D eigenvalue weighted by Crippen LogP contribution is 2.31. The van der Waals surface area contributed by atoms with Gasteiger partial charge in [-0.1, -0.05) is 63.2 Å². The lowest BCUT2D eigenvalue weighted by molar-refractivity contribution is -0.137. The molecule has 1 aromatic heterocycles. The van der Waals surface area contributed by atoms with Gasteiger partial charge in [-0.15, -0.1) is 0 Å². The van der Waals surface area contributed by atoms with Gasteiger partial charge in [0.2, 0.25) is 0 Å². The molecule has 0 aliphatic heterocycles. The molecule has 0 unspecified atom stereocenters. The first-order valence-electron chi connectivity index (χ1n) is 17.5. The predicted octanol–water partition coefficient (Wildman–Crippen LogP) is 11.7. The maximum absolute atomic E-state index is 14.8. The number of amides is 2. The Kier molecular flexibility index (Phi) is 15.6. The zero-order valence-electron chi connectivity index (χ0n) is 28.4. The average Bonchev–Trinajstić information content (AvgIpc) is 3.08. The molecule has 3 aromatic carbocycles. The number of rotatable bonds is 21. The third-order valence-electron chi connectivity index (χ3n) is 8.38. The number of pyridine rings is 1. The maximum Gasteiger partial charge on any atom is 0.323 e. The van der Waals surface area contributed by atoms with Crippen LogP contribution >= 0.6 is 0 Å². The number of nitrogens with one attached hydrogen (secondary N) is 2. The number of aliphatic carboxylic acids is 1. The number of carboxylic acids is 1. The van der Waals surface area contributed by atoms with Gasteiger partial charge in [0.05, 0.1) is 16.9 Å². The maximum atomic E-state index is 14.8. The smallest absolute Gasteiger partial charge is 0.323 e. The second-order valence-corrected chi connectivity index (χ2v) is 12.4. The summed E-state index contributed by atoms with van der Waals surface area (Å²) in [6.07, 6.45) is 22.2. The van der Waals surface area contributed by atoms with E-state index < -0.39 is 29.5 Å². The highest BCUT2D eigenvalue weighted by molar-refractivity contribution is 6.00. The van der Waals surface area contributed by atoms with Crippen LogP contribution in [0.5, 0.6) is 11.5 Å². The Bertz CT molecular complexity index is 1730. The van der Waals surface area contributed by atoms with Gasteiger partial charge in [0, 0.05) is 30.1 Å². The minimum atomic E-state index is -0.948. The summed E-state index contributed by atoms with van der Waals surface area (Å²) in [6.45, 7) is 0. The summed E-state index contributed by atoms with van der Waals surface area (Å²) in [5.41, 5.74) is 1.61. The van der Waals surface area contributed by atoms with Crippen LogP contribution in [0.1, 0.15) is 95.5 Å². The number of hydrogen-bond acceptors (Lipinski definition) is 4. The number of aryl methyl sites for hydroxylation is 1. The van der Waals surface area contributed by atoms with Crippen molar-refractivity contribution in [2.45, 2.75) is 96.3 Å². The first kappa shape index (κ1) is 38.0. The van der Waals surface area contributed by atoms with E-state index in [2.05, 4.69) is 39.9 Å². The molecule has 4 rings (SSSR count). The molecule has 0 atom stereocenters. The van der Waals surface area contributed by atoms with Crippen molar-refractivity contribution in [1.29, 1.82) is 0 Å². The van der Waals surface area contributed by atoms with Crippen molar-refractivity contribution >= 4 is 34.3 Å². The van der Waals surface area contributed by atoms with Gasteiger partial charge in [-0.25, -0.2) is 18.0 Å². The fraction of sp³-hybridized carbons (Fsp3) is 0.375. The Morgan fingerprint density at radius 3 is 1.98 bits per heavy atom. The van der Waals surface area contributed by atoms with Crippen molar-refractivity contribution in [3.63, 3.8) is 0 Å². The second-order valence-electron chi connectivity index (χ2n) is 12.4. The van der Waals surface area contributed by atoms with Gasteiger partial charge >= 0.3 is 12.0 Å². The lowest BCUT2D eigenvalue weighted by Crippen LogP contribution is -2.20. The quantitative estimate of drug-likeness (QED) is 0.0597. The van der Waals surface area contributed by atoms with E-state index in [0.717, 1.165) is 74.0 Å². The van der Waals surface area contributed by atoms with Gasteiger partial charge in [0.25, 0.3) is 0 Å². The number of aromatic nitrogens is 1. The largest absolute Gasteiger partial charge is 0.481 e. The van der Waals surface area contributed by atoms with Crippen molar-refractivity contribution in [3.8, 4) is 11.5 Å². The fourth-order valence-corrected chi connectivity index (χ4v) is 5.67. The van der Waals surface area contributed by atoms with E-state index in [9.17, 15) is 22.8 Å². The van der Waals surface area contributed by atoms with Crippen LogP contribution in [0.2, 0.25) is 0 Å². The molecule has 0 fully saturated rings.